The number of nitrogens with zero attached hydrogens (tertiary/aromatic N) is 1. The van der Waals surface area contributed by atoms with Crippen LogP contribution < -0.4 is 5.32 Å². The van der Waals surface area contributed by atoms with Gasteiger partial charge in [0.05, 0.1) is 6.10 Å². The molecule has 0 rings (SSSR count). The smallest absolute Gasteiger partial charge is 0.0636 e. The van der Waals surface area contributed by atoms with E-state index < -0.39 is 0 Å². The summed E-state index contributed by atoms with van der Waals surface area (Å²) >= 11 is 0. The third-order valence-corrected chi connectivity index (χ3v) is 1.77. The zero-order valence-electron chi connectivity index (χ0n) is 8.67. The minimum Gasteiger partial charge on any atom is -0.392 e. The summed E-state index contributed by atoms with van der Waals surface area (Å²) in [6.45, 7) is 5.72. The third-order valence-electron chi connectivity index (χ3n) is 1.77. The number of aliphatic hydroxyl groups excluding tert-OH is 1. The van der Waals surface area contributed by atoms with Crippen molar-refractivity contribution in [3.63, 3.8) is 0 Å². The summed E-state index contributed by atoms with van der Waals surface area (Å²) in [7, 11) is 4.14. The fourth-order valence-corrected chi connectivity index (χ4v) is 0.926. The monoisotopic (exact) mass is 174 g/mol. The molecule has 2 N–H and O–H groups in total. The highest BCUT2D eigenvalue weighted by Crippen LogP contribution is 1.92. The molecule has 74 valence electrons. The summed E-state index contributed by atoms with van der Waals surface area (Å²) in [5, 5.41) is 12.3. The molecule has 0 aliphatic heterocycles. The SMILES string of the molecule is CC(CCN(C)C)NC[C@@H](C)O. The van der Waals surface area contributed by atoms with Gasteiger partial charge in [-0.2, -0.15) is 0 Å². The van der Waals surface area contributed by atoms with Crippen LogP contribution in [0.2, 0.25) is 0 Å². The molecule has 0 saturated carbocycles. The van der Waals surface area contributed by atoms with Crippen LogP contribution in [0.5, 0.6) is 0 Å². The van der Waals surface area contributed by atoms with Crippen molar-refractivity contribution < 1.29 is 5.11 Å². The highest BCUT2D eigenvalue weighted by atomic mass is 16.3. The lowest BCUT2D eigenvalue weighted by Gasteiger charge is -2.17. The first-order chi connectivity index (χ1) is 5.52. The van der Waals surface area contributed by atoms with Gasteiger partial charge in [0.2, 0.25) is 0 Å². The van der Waals surface area contributed by atoms with Crippen molar-refractivity contribution in [2.45, 2.75) is 32.4 Å². The van der Waals surface area contributed by atoms with E-state index in [4.69, 9.17) is 5.11 Å². The quantitative estimate of drug-likeness (QED) is 0.608. The number of aliphatic hydroxyl groups is 1. The minimum atomic E-state index is -0.244. The van der Waals surface area contributed by atoms with Crippen molar-refractivity contribution in [2.24, 2.45) is 0 Å². The predicted octanol–water partition coefficient (Wildman–Crippen LogP) is 0.297. The van der Waals surface area contributed by atoms with E-state index in [1.807, 2.05) is 0 Å². The van der Waals surface area contributed by atoms with Crippen LogP contribution in [-0.2, 0) is 0 Å². The first-order valence-corrected chi connectivity index (χ1v) is 4.58. The van der Waals surface area contributed by atoms with E-state index in [-0.39, 0.29) is 6.10 Å². The molecule has 0 fully saturated rings. The van der Waals surface area contributed by atoms with Crippen LogP contribution in [0.4, 0.5) is 0 Å². The van der Waals surface area contributed by atoms with Crippen LogP contribution in [-0.4, -0.2) is 49.3 Å². The summed E-state index contributed by atoms with van der Waals surface area (Å²) in [6.07, 6.45) is 0.881. The fraction of sp³-hybridized carbons (Fsp3) is 1.00. The van der Waals surface area contributed by atoms with Crippen LogP contribution >= 0.6 is 0 Å². The van der Waals surface area contributed by atoms with Gasteiger partial charge in [-0.3, -0.25) is 0 Å². The molecule has 3 nitrogen and oxygen atoms in total. The first-order valence-electron chi connectivity index (χ1n) is 4.58. The molecule has 3 heteroatoms. The van der Waals surface area contributed by atoms with Crippen molar-refractivity contribution in [1.29, 1.82) is 0 Å². The van der Waals surface area contributed by atoms with E-state index in [2.05, 4.69) is 31.2 Å². The van der Waals surface area contributed by atoms with E-state index in [9.17, 15) is 0 Å². The molecule has 0 saturated heterocycles. The highest BCUT2D eigenvalue weighted by Gasteiger charge is 2.02. The molecule has 0 heterocycles. The van der Waals surface area contributed by atoms with Gasteiger partial charge in [0, 0.05) is 12.6 Å². The average molecular weight is 174 g/mol. The van der Waals surface area contributed by atoms with Crippen LogP contribution in [0.25, 0.3) is 0 Å². The highest BCUT2D eigenvalue weighted by molar-refractivity contribution is 4.63. The zero-order valence-corrected chi connectivity index (χ0v) is 8.67. The van der Waals surface area contributed by atoms with E-state index in [0.717, 1.165) is 13.0 Å². The molecule has 0 bridgehead atoms. The number of hydrogen-bond donors (Lipinski definition) is 2. The van der Waals surface area contributed by atoms with Crippen LogP contribution in [0.15, 0.2) is 0 Å². The maximum absolute atomic E-state index is 9.01. The van der Waals surface area contributed by atoms with Crippen LogP contribution in [0.1, 0.15) is 20.3 Å². The Kier molecular flexibility index (Phi) is 6.34. The lowest BCUT2D eigenvalue weighted by molar-refractivity contribution is 0.185. The second-order valence-corrected chi connectivity index (χ2v) is 3.75. The Hall–Kier alpha value is -0.120. The lowest BCUT2D eigenvalue weighted by Crippen LogP contribution is -2.34. The molecule has 0 aromatic heterocycles. The fourth-order valence-electron chi connectivity index (χ4n) is 0.926. The summed E-state index contributed by atoms with van der Waals surface area (Å²) in [4.78, 5) is 2.17. The molecule has 1 unspecified atom stereocenters. The second-order valence-electron chi connectivity index (χ2n) is 3.75. The summed E-state index contributed by atoms with van der Waals surface area (Å²) in [6, 6.07) is 0.488. The Morgan fingerprint density at radius 1 is 1.33 bits per heavy atom. The molecular formula is C9H22N2O. The van der Waals surface area contributed by atoms with Gasteiger partial charge >= 0.3 is 0 Å². The zero-order chi connectivity index (χ0) is 9.56. The number of nitrogens with one attached hydrogen (secondary N) is 1. The molecule has 0 amide bonds. The van der Waals surface area contributed by atoms with Gasteiger partial charge in [0.1, 0.15) is 0 Å². The standard InChI is InChI=1S/C9H22N2O/c1-8(5-6-11(3)4)10-7-9(2)12/h8-10,12H,5-7H2,1-4H3/t8?,9-/m1/s1. The first kappa shape index (κ1) is 11.9. The Balaban J connectivity index is 3.27. The maximum Gasteiger partial charge on any atom is 0.0636 e. The van der Waals surface area contributed by atoms with E-state index in [1.165, 1.54) is 0 Å². The summed E-state index contributed by atoms with van der Waals surface area (Å²) < 4.78 is 0. The predicted molar refractivity (Wildman–Crippen MR) is 52.3 cm³/mol. The molecule has 0 aromatic carbocycles. The molecular weight excluding hydrogens is 152 g/mol. The van der Waals surface area contributed by atoms with Crippen molar-refractivity contribution in [2.75, 3.05) is 27.2 Å². The van der Waals surface area contributed by atoms with Crippen LogP contribution in [0.3, 0.4) is 0 Å². The van der Waals surface area contributed by atoms with Gasteiger partial charge in [0.25, 0.3) is 0 Å². The van der Waals surface area contributed by atoms with Gasteiger partial charge in [-0.1, -0.05) is 0 Å². The molecule has 0 radical (unpaired) electrons. The Labute approximate surface area is 75.8 Å². The van der Waals surface area contributed by atoms with Crippen molar-refractivity contribution in [3.8, 4) is 0 Å². The summed E-state index contributed by atoms with van der Waals surface area (Å²) in [5.41, 5.74) is 0. The van der Waals surface area contributed by atoms with Gasteiger partial charge in [-0.15, -0.1) is 0 Å². The lowest BCUT2D eigenvalue weighted by atomic mass is 10.2. The minimum absolute atomic E-state index is 0.244. The van der Waals surface area contributed by atoms with E-state index >= 15 is 0 Å². The Bertz CT molecular complexity index is 92.7. The Morgan fingerprint density at radius 3 is 2.33 bits per heavy atom. The average Bonchev–Trinajstić information content (AvgIpc) is 1.96. The molecule has 0 spiro atoms. The molecule has 0 aliphatic carbocycles. The Morgan fingerprint density at radius 2 is 1.92 bits per heavy atom. The van der Waals surface area contributed by atoms with E-state index in [0.29, 0.717) is 12.6 Å². The van der Waals surface area contributed by atoms with Crippen molar-refractivity contribution in [1.82, 2.24) is 10.2 Å². The van der Waals surface area contributed by atoms with Gasteiger partial charge in [-0.05, 0) is 40.9 Å². The maximum atomic E-state index is 9.01. The van der Waals surface area contributed by atoms with E-state index in [1.54, 1.807) is 6.92 Å². The number of rotatable bonds is 6. The van der Waals surface area contributed by atoms with Gasteiger partial charge in [0.15, 0.2) is 0 Å². The van der Waals surface area contributed by atoms with Gasteiger partial charge in [-0.25, -0.2) is 0 Å². The molecule has 0 aromatic rings. The van der Waals surface area contributed by atoms with Crippen LogP contribution in [0, 0.1) is 0 Å². The topological polar surface area (TPSA) is 35.5 Å². The van der Waals surface area contributed by atoms with Crippen molar-refractivity contribution >= 4 is 0 Å². The number of hydrogen-bond acceptors (Lipinski definition) is 3. The normalized spacial score (nSPS) is 16.5. The van der Waals surface area contributed by atoms with Gasteiger partial charge < -0.3 is 15.3 Å². The molecule has 2 atom stereocenters. The third kappa shape index (κ3) is 7.98. The summed E-state index contributed by atoms with van der Waals surface area (Å²) in [5.74, 6) is 0. The largest absolute Gasteiger partial charge is 0.392 e. The molecule has 0 aliphatic rings. The molecule has 12 heavy (non-hydrogen) atoms. The second kappa shape index (κ2) is 6.40. The van der Waals surface area contributed by atoms with Crippen molar-refractivity contribution in [3.05, 3.63) is 0 Å².